The van der Waals surface area contributed by atoms with Crippen LogP contribution in [0.5, 0.6) is 0 Å². The SMILES string of the molecule is CC/C=C/C=C\CCCCCCCC(=O)OCCCCCC/C=C\C=C\CC. The molecule has 0 N–H and O–H groups in total. The zero-order valence-electron chi connectivity index (χ0n) is 18.5. The van der Waals surface area contributed by atoms with Gasteiger partial charge in [0.05, 0.1) is 6.61 Å². The van der Waals surface area contributed by atoms with Crippen molar-refractivity contribution in [2.24, 2.45) is 0 Å². The molecule has 0 aliphatic carbocycles. The second-order valence-electron chi connectivity index (χ2n) is 7.26. The highest BCUT2D eigenvalue weighted by Crippen LogP contribution is 2.09. The van der Waals surface area contributed by atoms with Crippen molar-refractivity contribution >= 4 is 5.97 Å². The molecule has 0 fully saturated rings. The Morgan fingerprint density at radius 2 is 1.07 bits per heavy atom. The monoisotopic (exact) mass is 388 g/mol. The third-order valence-corrected chi connectivity index (χ3v) is 4.52. The molecular formula is C26H44O2. The topological polar surface area (TPSA) is 26.3 Å². The number of hydrogen-bond donors (Lipinski definition) is 0. The van der Waals surface area contributed by atoms with Gasteiger partial charge in [0.1, 0.15) is 0 Å². The van der Waals surface area contributed by atoms with Crippen LogP contribution in [0, 0.1) is 0 Å². The number of unbranched alkanes of at least 4 members (excludes halogenated alkanes) is 9. The predicted octanol–water partition coefficient (Wildman–Crippen LogP) is 8.26. The second-order valence-corrected chi connectivity index (χ2v) is 7.26. The van der Waals surface area contributed by atoms with Crippen molar-refractivity contribution in [1.82, 2.24) is 0 Å². The highest BCUT2D eigenvalue weighted by Gasteiger charge is 2.02. The lowest BCUT2D eigenvalue weighted by Crippen LogP contribution is -2.05. The van der Waals surface area contributed by atoms with Gasteiger partial charge < -0.3 is 4.74 Å². The van der Waals surface area contributed by atoms with E-state index < -0.39 is 0 Å². The van der Waals surface area contributed by atoms with Crippen molar-refractivity contribution in [3.05, 3.63) is 48.6 Å². The molecule has 2 nitrogen and oxygen atoms in total. The van der Waals surface area contributed by atoms with Gasteiger partial charge in [0.25, 0.3) is 0 Å². The first-order chi connectivity index (χ1) is 13.8. The zero-order valence-corrected chi connectivity index (χ0v) is 18.5. The fraction of sp³-hybridized carbons (Fsp3) is 0.654. The Hall–Kier alpha value is -1.57. The smallest absolute Gasteiger partial charge is 0.305 e. The highest BCUT2D eigenvalue weighted by atomic mass is 16.5. The maximum Gasteiger partial charge on any atom is 0.305 e. The Labute approximate surface area is 174 Å². The van der Waals surface area contributed by atoms with Crippen molar-refractivity contribution in [3.63, 3.8) is 0 Å². The van der Waals surface area contributed by atoms with E-state index in [9.17, 15) is 4.79 Å². The van der Waals surface area contributed by atoms with Gasteiger partial charge in [-0.1, -0.05) is 94.6 Å². The molecule has 0 aliphatic heterocycles. The van der Waals surface area contributed by atoms with Crippen molar-refractivity contribution in [2.45, 2.75) is 104 Å². The molecule has 0 unspecified atom stereocenters. The minimum absolute atomic E-state index is 0.0173. The van der Waals surface area contributed by atoms with E-state index in [1.54, 1.807) is 0 Å². The average Bonchev–Trinajstić information content (AvgIpc) is 2.70. The minimum Gasteiger partial charge on any atom is -0.466 e. The summed E-state index contributed by atoms with van der Waals surface area (Å²) < 4.78 is 5.33. The Morgan fingerprint density at radius 1 is 0.607 bits per heavy atom. The summed E-state index contributed by atoms with van der Waals surface area (Å²) in [7, 11) is 0. The van der Waals surface area contributed by atoms with Crippen LogP contribution in [0.25, 0.3) is 0 Å². The summed E-state index contributed by atoms with van der Waals surface area (Å²) in [5, 5.41) is 0. The lowest BCUT2D eigenvalue weighted by Gasteiger charge is -2.05. The summed E-state index contributed by atoms with van der Waals surface area (Å²) in [6, 6.07) is 0. The van der Waals surface area contributed by atoms with Crippen LogP contribution >= 0.6 is 0 Å². The van der Waals surface area contributed by atoms with Crippen LogP contribution in [0.1, 0.15) is 104 Å². The Kier molecular flexibility index (Phi) is 22.2. The lowest BCUT2D eigenvalue weighted by molar-refractivity contribution is -0.143. The van der Waals surface area contributed by atoms with E-state index in [2.05, 4.69) is 62.5 Å². The van der Waals surface area contributed by atoms with Gasteiger partial charge in [0, 0.05) is 6.42 Å². The average molecular weight is 389 g/mol. The molecule has 0 aliphatic rings. The van der Waals surface area contributed by atoms with E-state index in [-0.39, 0.29) is 5.97 Å². The second kappa shape index (κ2) is 23.5. The van der Waals surface area contributed by atoms with E-state index in [1.165, 1.54) is 32.1 Å². The van der Waals surface area contributed by atoms with Gasteiger partial charge in [-0.25, -0.2) is 0 Å². The third-order valence-electron chi connectivity index (χ3n) is 4.52. The van der Waals surface area contributed by atoms with Gasteiger partial charge in [-0.3, -0.25) is 4.79 Å². The summed E-state index contributed by atoms with van der Waals surface area (Å²) in [4.78, 5) is 11.7. The number of hydrogen-bond acceptors (Lipinski definition) is 2. The largest absolute Gasteiger partial charge is 0.466 e. The van der Waals surface area contributed by atoms with Crippen LogP contribution in [0.15, 0.2) is 48.6 Å². The Balaban J connectivity index is 3.29. The van der Waals surface area contributed by atoms with Gasteiger partial charge in [0.2, 0.25) is 0 Å². The summed E-state index contributed by atoms with van der Waals surface area (Å²) in [5.74, 6) is -0.0173. The van der Waals surface area contributed by atoms with Crippen LogP contribution < -0.4 is 0 Å². The molecule has 0 radical (unpaired) electrons. The van der Waals surface area contributed by atoms with Gasteiger partial charge >= 0.3 is 5.97 Å². The maximum atomic E-state index is 11.7. The van der Waals surface area contributed by atoms with Crippen molar-refractivity contribution in [1.29, 1.82) is 0 Å². The van der Waals surface area contributed by atoms with Gasteiger partial charge in [0.15, 0.2) is 0 Å². The molecule has 0 heterocycles. The number of carbonyl (C=O) groups is 1. The van der Waals surface area contributed by atoms with Crippen LogP contribution in [-0.4, -0.2) is 12.6 Å². The van der Waals surface area contributed by atoms with E-state index in [1.807, 2.05) is 0 Å². The standard InChI is InChI=1S/C26H44O2/c1-3-5-7-9-11-13-15-16-18-20-22-24-26(27)28-25-23-21-19-17-14-12-10-8-6-4-2/h5-12H,3-4,13-25H2,1-2H3/b7-5+,8-6+,11-9-,12-10-. The molecule has 0 rings (SSSR count). The molecule has 0 atom stereocenters. The van der Waals surface area contributed by atoms with Crippen LogP contribution in [0.2, 0.25) is 0 Å². The van der Waals surface area contributed by atoms with E-state index in [0.29, 0.717) is 13.0 Å². The lowest BCUT2D eigenvalue weighted by atomic mass is 10.1. The molecule has 28 heavy (non-hydrogen) atoms. The van der Waals surface area contributed by atoms with E-state index in [4.69, 9.17) is 4.74 Å². The third kappa shape index (κ3) is 22.5. The summed E-state index contributed by atoms with van der Waals surface area (Å²) >= 11 is 0. The molecule has 0 aromatic rings. The van der Waals surface area contributed by atoms with Crippen molar-refractivity contribution in [2.75, 3.05) is 6.61 Å². The first-order valence-electron chi connectivity index (χ1n) is 11.6. The van der Waals surface area contributed by atoms with Crippen molar-refractivity contribution in [3.8, 4) is 0 Å². The molecule has 2 heteroatoms. The van der Waals surface area contributed by atoms with Crippen LogP contribution in [-0.2, 0) is 9.53 Å². The number of carbonyl (C=O) groups excluding carboxylic acids is 1. The maximum absolute atomic E-state index is 11.7. The molecule has 0 bridgehead atoms. The summed E-state index contributed by atoms with van der Waals surface area (Å²) in [6.45, 7) is 4.88. The Bertz CT molecular complexity index is 403. The molecule has 0 amide bonds. The highest BCUT2D eigenvalue weighted by molar-refractivity contribution is 5.69. The molecule has 0 saturated heterocycles. The Morgan fingerprint density at radius 3 is 1.64 bits per heavy atom. The molecular weight excluding hydrogens is 344 g/mol. The van der Waals surface area contributed by atoms with Crippen LogP contribution in [0.4, 0.5) is 0 Å². The van der Waals surface area contributed by atoms with Crippen LogP contribution in [0.3, 0.4) is 0 Å². The quantitative estimate of drug-likeness (QED) is 0.126. The summed E-state index contributed by atoms with van der Waals surface area (Å²) in [5.41, 5.74) is 0. The number of esters is 1. The van der Waals surface area contributed by atoms with E-state index >= 15 is 0 Å². The van der Waals surface area contributed by atoms with E-state index in [0.717, 1.165) is 51.4 Å². The number of rotatable bonds is 19. The molecule has 0 aromatic heterocycles. The zero-order chi connectivity index (χ0) is 20.5. The molecule has 0 saturated carbocycles. The molecule has 160 valence electrons. The number of allylic oxidation sites excluding steroid dienone is 8. The normalized spacial score (nSPS) is 12.2. The molecule has 0 aromatic carbocycles. The van der Waals surface area contributed by atoms with Gasteiger partial charge in [-0.2, -0.15) is 0 Å². The fourth-order valence-electron chi connectivity index (χ4n) is 2.82. The fourth-order valence-corrected chi connectivity index (χ4v) is 2.82. The van der Waals surface area contributed by atoms with Crippen molar-refractivity contribution < 1.29 is 9.53 Å². The summed E-state index contributed by atoms with van der Waals surface area (Å²) in [6.07, 6.45) is 32.8. The van der Waals surface area contributed by atoms with Gasteiger partial charge in [-0.15, -0.1) is 0 Å². The first kappa shape index (κ1) is 26.4. The molecule has 0 spiro atoms. The van der Waals surface area contributed by atoms with Gasteiger partial charge in [-0.05, 0) is 51.4 Å². The minimum atomic E-state index is -0.0173. The predicted molar refractivity (Wildman–Crippen MR) is 124 cm³/mol. The first-order valence-corrected chi connectivity index (χ1v) is 11.6. The number of ether oxygens (including phenoxy) is 1.